The van der Waals surface area contributed by atoms with Crippen LogP contribution >= 0.6 is 0 Å². The zero-order valence-electron chi connectivity index (χ0n) is 12.7. The van der Waals surface area contributed by atoms with Gasteiger partial charge in [0.25, 0.3) is 0 Å². The maximum atomic E-state index is 11.0. The molecule has 0 unspecified atom stereocenters. The summed E-state index contributed by atoms with van der Waals surface area (Å²) in [6, 6.07) is 8.15. The highest BCUT2D eigenvalue weighted by Gasteiger charge is 2.01. The number of unbranched alkanes of at least 4 members (excludes halogenated alkanes) is 3. The minimum absolute atomic E-state index is 0.142. The second kappa shape index (κ2) is 10.3. The molecular weight excluding hydrogens is 252 g/mol. The highest BCUT2D eigenvalue weighted by Crippen LogP contribution is 2.14. The third kappa shape index (κ3) is 7.17. The quantitative estimate of drug-likeness (QED) is 0.476. The fraction of sp³-hybridized carbons (Fsp3) is 0.588. The van der Waals surface area contributed by atoms with Gasteiger partial charge in [0.05, 0.1) is 13.7 Å². The largest absolute Gasteiger partial charge is 0.494 e. The van der Waals surface area contributed by atoms with E-state index >= 15 is 0 Å². The van der Waals surface area contributed by atoms with Crippen LogP contribution in [0.5, 0.6) is 5.75 Å². The molecule has 3 nitrogen and oxygen atoms in total. The summed E-state index contributed by atoms with van der Waals surface area (Å²) in [5, 5.41) is 0. The molecule has 0 saturated heterocycles. The molecule has 0 spiro atoms. The van der Waals surface area contributed by atoms with Gasteiger partial charge in [0.2, 0.25) is 0 Å². The van der Waals surface area contributed by atoms with Crippen molar-refractivity contribution in [3.05, 3.63) is 29.8 Å². The van der Waals surface area contributed by atoms with Gasteiger partial charge >= 0.3 is 5.97 Å². The smallest absolute Gasteiger partial charge is 0.305 e. The van der Waals surface area contributed by atoms with Crippen LogP contribution in [0.2, 0.25) is 0 Å². The molecule has 0 fully saturated rings. The molecule has 0 aliphatic heterocycles. The van der Waals surface area contributed by atoms with Gasteiger partial charge in [0.15, 0.2) is 0 Å². The summed E-state index contributed by atoms with van der Waals surface area (Å²) >= 11 is 0. The summed E-state index contributed by atoms with van der Waals surface area (Å²) in [6.45, 7) is 3.00. The maximum Gasteiger partial charge on any atom is 0.305 e. The number of carbonyl (C=O) groups excluding carboxylic acids is 1. The number of methoxy groups -OCH3 is 1. The summed E-state index contributed by atoms with van der Waals surface area (Å²) in [7, 11) is 1.43. The van der Waals surface area contributed by atoms with Gasteiger partial charge in [0, 0.05) is 6.42 Å². The molecule has 0 radical (unpaired) electrons. The molecule has 3 heteroatoms. The van der Waals surface area contributed by atoms with Crippen molar-refractivity contribution >= 4 is 5.97 Å². The number of esters is 1. The average molecular weight is 278 g/mol. The molecule has 0 atom stereocenters. The molecule has 1 aromatic carbocycles. The van der Waals surface area contributed by atoms with Crippen LogP contribution in [-0.2, 0) is 16.0 Å². The number of hydrogen-bond donors (Lipinski definition) is 0. The molecule has 1 rings (SSSR count). The monoisotopic (exact) mass is 278 g/mol. The minimum Gasteiger partial charge on any atom is -0.494 e. The lowest BCUT2D eigenvalue weighted by Crippen LogP contribution is -2.00. The predicted octanol–water partition coefficient (Wildman–Crippen LogP) is 4.14. The summed E-state index contributed by atoms with van der Waals surface area (Å²) in [5.74, 6) is 0.787. The van der Waals surface area contributed by atoms with Crippen molar-refractivity contribution in [1.29, 1.82) is 0 Å². The molecule has 0 N–H and O–H groups in total. The lowest BCUT2D eigenvalue weighted by Gasteiger charge is -2.07. The Kier molecular flexibility index (Phi) is 8.52. The summed E-state index contributed by atoms with van der Waals surface area (Å²) in [4.78, 5) is 11.0. The van der Waals surface area contributed by atoms with Gasteiger partial charge in [-0.2, -0.15) is 0 Å². The van der Waals surface area contributed by atoms with Gasteiger partial charge in [-0.25, -0.2) is 0 Å². The first-order valence-electron chi connectivity index (χ1n) is 7.54. The van der Waals surface area contributed by atoms with Crippen molar-refractivity contribution in [2.24, 2.45) is 0 Å². The number of hydrogen-bond acceptors (Lipinski definition) is 3. The summed E-state index contributed by atoms with van der Waals surface area (Å²) < 4.78 is 10.3. The van der Waals surface area contributed by atoms with Crippen molar-refractivity contribution in [2.75, 3.05) is 13.7 Å². The highest BCUT2D eigenvalue weighted by molar-refractivity contribution is 5.69. The Morgan fingerprint density at radius 1 is 1.05 bits per heavy atom. The predicted molar refractivity (Wildman–Crippen MR) is 81.0 cm³/mol. The van der Waals surface area contributed by atoms with Gasteiger partial charge < -0.3 is 9.47 Å². The van der Waals surface area contributed by atoms with Gasteiger partial charge in [-0.1, -0.05) is 38.3 Å². The van der Waals surface area contributed by atoms with Crippen molar-refractivity contribution in [3.8, 4) is 5.75 Å². The average Bonchev–Trinajstić information content (AvgIpc) is 2.48. The van der Waals surface area contributed by atoms with E-state index in [2.05, 4.69) is 23.8 Å². The molecule has 0 amide bonds. The topological polar surface area (TPSA) is 35.5 Å². The molecule has 0 aromatic heterocycles. The van der Waals surface area contributed by atoms with E-state index in [9.17, 15) is 4.79 Å². The molecule has 1 aromatic rings. The third-order valence-electron chi connectivity index (χ3n) is 3.26. The molecule has 0 aliphatic rings. The molecule has 0 bridgehead atoms. The lowest BCUT2D eigenvalue weighted by molar-refractivity contribution is -0.140. The van der Waals surface area contributed by atoms with Gasteiger partial charge in [-0.15, -0.1) is 0 Å². The van der Waals surface area contributed by atoms with Crippen LogP contribution in [0.25, 0.3) is 0 Å². The second-order valence-corrected chi connectivity index (χ2v) is 4.98. The van der Waals surface area contributed by atoms with Crippen LogP contribution in [0.15, 0.2) is 24.3 Å². The molecular formula is C17H26O3. The number of aryl methyl sites for hydroxylation is 1. The standard InChI is InChI=1S/C17H26O3/c1-3-4-5-6-14-20-16-12-10-15(11-13-16)8-7-9-17(18)19-2/h10-13H,3-9,14H2,1-2H3. The van der Waals surface area contributed by atoms with Crippen LogP contribution in [0.4, 0.5) is 0 Å². The summed E-state index contributed by atoms with van der Waals surface area (Å²) in [6.07, 6.45) is 7.08. The first-order chi connectivity index (χ1) is 9.76. The van der Waals surface area contributed by atoms with Crippen LogP contribution in [-0.4, -0.2) is 19.7 Å². The number of ether oxygens (including phenoxy) is 2. The lowest BCUT2D eigenvalue weighted by atomic mass is 10.1. The Labute approximate surface area is 122 Å². The number of benzene rings is 1. The van der Waals surface area contributed by atoms with E-state index in [1.807, 2.05) is 12.1 Å². The minimum atomic E-state index is -0.142. The first-order valence-corrected chi connectivity index (χ1v) is 7.54. The number of rotatable bonds is 10. The van der Waals surface area contributed by atoms with E-state index in [4.69, 9.17) is 4.74 Å². The van der Waals surface area contributed by atoms with E-state index in [-0.39, 0.29) is 5.97 Å². The third-order valence-corrected chi connectivity index (χ3v) is 3.26. The van der Waals surface area contributed by atoms with Crippen molar-refractivity contribution < 1.29 is 14.3 Å². The normalized spacial score (nSPS) is 10.3. The highest BCUT2D eigenvalue weighted by atomic mass is 16.5. The number of carbonyl (C=O) groups is 1. The fourth-order valence-electron chi connectivity index (χ4n) is 2.01. The van der Waals surface area contributed by atoms with Crippen molar-refractivity contribution in [2.45, 2.75) is 51.9 Å². The maximum absolute atomic E-state index is 11.0. The first kappa shape index (κ1) is 16.5. The summed E-state index contributed by atoms with van der Waals surface area (Å²) in [5.41, 5.74) is 1.23. The molecule has 112 valence electrons. The van der Waals surface area contributed by atoms with E-state index in [1.165, 1.54) is 31.9 Å². The fourth-order valence-corrected chi connectivity index (χ4v) is 2.01. The Morgan fingerprint density at radius 3 is 2.45 bits per heavy atom. The van der Waals surface area contributed by atoms with E-state index in [0.29, 0.717) is 6.42 Å². The Morgan fingerprint density at radius 2 is 1.80 bits per heavy atom. The Bertz CT molecular complexity index is 370. The van der Waals surface area contributed by atoms with Gasteiger partial charge in [-0.3, -0.25) is 4.79 Å². The Hall–Kier alpha value is -1.51. The van der Waals surface area contributed by atoms with Gasteiger partial charge in [-0.05, 0) is 37.0 Å². The molecule has 0 saturated carbocycles. The zero-order valence-corrected chi connectivity index (χ0v) is 12.7. The molecule has 20 heavy (non-hydrogen) atoms. The molecule has 0 heterocycles. The Balaban J connectivity index is 2.21. The van der Waals surface area contributed by atoms with Crippen LogP contribution in [0.3, 0.4) is 0 Å². The van der Waals surface area contributed by atoms with Gasteiger partial charge in [0.1, 0.15) is 5.75 Å². The van der Waals surface area contributed by atoms with Crippen LogP contribution < -0.4 is 4.74 Å². The second-order valence-electron chi connectivity index (χ2n) is 4.98. The van der Waals surface area contributed by atoms with E-state index in [1.54, 1.807) is 0 Å². The zero-order chi connectivity index (χ0) is 14.6. The van der Waals surface area contributed by atoms with Crippen molar-refractivity contribution in [1.82, 2.24) is 0 Å². The van der Waals surface area contributed by atoms with Crippen LogP contribution in [0, 0.1) is 0 Å². The van der Waals surface area contributed by atoms with Crippen LogP contribution in [0.1, 0.15) is 51.0 Å². The molecule has 0 aliphatic carbocycles. The van der Waals surface area contributed by atoms with E-state index < -0.39 is 0 Å². The SMILES string of the molecule is CCCCCCOc1ccc(CCCC(=O)OC)cc1. The van der Waals surface area contributed by atoms with E-state index in [0.717, 1.165) is 31.6 Å². The van der Waals surface area contributed by atoms with Crippen molar-refractivity contribution in [3.63, 3.8) is 0 Å².